The van der Waals surface area contributed by atoms with E-state index in [0.29, 0.717) is 34.2 Å². The third kappa shape index (κ3) is 5.49. The predicted octanol–water partition coefficient (Wildman–Crippen LogP) is 5.49. The highest BCUT2D eigenvalue weighted by atomic mass is 19.1. The minimum atomic E-state index is -1.46. The average molecular weight is 539 g/mol. The molecule has 200 valence electrons. The van der Waals surface area contributed by atoms with Crippen LogP contribution in [0.1, 0.15) is 27.0 Å². The zero-order valence-corrected chi connectivity index (χ0v) is 21.4. The van der Waals surface area contributed by atoms with Gasteiger partial charge in [0.15, 0.2) is 5.78 Å². The van der Waals surface area contributed by atoms with E-state index in [4.69, 9.17) is 0 Å². The van der Waals surface area contributed by atoms with Gasteiger partial charge in [-0.3, -0.25) is 9.59 Å². The maximum Gasteiger partial charge on any atom is 0.321 e. The van der Waals surface area contributed by atoms with Gasteiger partial charge >= 0.3 is 6.03 Å². The molecular formula is C31H24F2N4O3. The molecule has 0 aliphatic carbocycles. The summed E-state index contributed by atoms with van der Waals surface area (Å²) in [6.07, 6.45) is -1.46. The number of aliphatic imine (C=N–C) groups is 1. The summed E-state index contributed by atoms with van der Waals surface area (Å²) in [5.74, 6) is -2.73. The maximum absolute atomic E-state index is 14.2. The summed E-state index contributed by atoms with van der Waals surface area (Å²) < 4.78 is 27.5. The van der Waals surface area contributed by atoms with Gasteiger partial charge in [-0.05, 0) is 30.7 Å². The minimum Gasteiger partial charge on any atom is -0.308 e. The van der Waals surface area contributed by atoms with Crippen LogP contribution in [0.25, 0.3) is 0 Å². The fourth-order valence-corrected chi connectivity index (χ4v) is 4.50. The highest BCUT2D eigenvalue weighted by Gasteiger charge is 2.34. The first kappa shape index (κ1) is 26.4. The second-order valence-electron chi connectivity index (χ2n) is 9.15. The molecular weight excluding hydrogens is 514 g/mol. The van der Waals surface area contributed by atoms with E-state index in [1.165, 1.54) is 4.90 Å². The van der Waals surface area contributed by atoms with Gasteiger partial charge in [0, 0.05) is 22.8 Å². The molecule has 0 spiro atoms. The monoisotopic (exact) mass is 538 g/mol. The summed E-state index contributed by atoms with van der Waals surface area (Å²) in [6, 6.07) is 25.0. The summed E-state index contributed by atoms with van der Waals surface area (Å²) in [7, 11) is 0. The molecule has 1 aliphatic rings. The van der Waals surface area contributed by atoms with Crippen molar-refractivity contribution in [3.63, 3.8) is 0 Å². The highest BCUT2D eigenvalue weighted by molar-refractivity contribution is 6.21. The topological polar surface area (TPSA) is 90.9 Å². The second kappa shape index (κ2) is 11.3. The normalized spacial score (nSPS) is 14.6. The van der Waals surface area contributed by atoms with Crippen LogP contribution in [-0.4, -0.2) is 36.1 Å². The molecule has 0 fully saturated rings. The Morgan fingerprint density at radius 1 is 0.900 bits per heavy atom. The van der Waals surface area contributed by atoms with Gasteiger partial charge < -0.3 is 15.5 Å². The number of hydrogen-bond acceptors (Lipinski definition) is 4. The van der Waals surface area contributed by atoms with E-state index >= 15 is 0 Å². The van der Waals surface area contributed by atoms with Crippen molar-refractivity contribution in [2.24, 2.45) is 4.99 Å². The number of aryl methyl sites for hydroxylation is 1. The van der Waals surface area contributed by atoms with Crippen LogP contribution in [0.5, 0.6) is 0 Å². The molecule has 1 aliphatic heterocycles. The van der Waals surface area contributed by atoms with Crippen molar-refractivity contribution >= 4 is 34.8 Å². The van der Waals surface area contributed by atoms with Crippen LogP contribution in [0.4, 0.5) is 25.0 Å². The first-order valence-corrected chi connectivity index (χ1v) is 12.5. The van der Waals surface area contributed by atoms with Crippen LogP contribution in [0.3, 0.4) is 0 Å². The molecule has 5 rings (SSSR count). The van der Waals surface area contributed by atoms with E-state index in [-0.39, 0.29) is 18.0 Å². The van der Waals surface area contributed by atoms with E-state index in [1.807, 2.05) is 49.4 Å². The first-order valence-electron chi connectivity index (χ1n) is 12.5. The molecule has 3 amide bonds. The Hall–Kier alpha value is -5.18. The van der Waals surface area contributed by atoms with E-state index in [9.17, 15) is 23.2 Å². The molecule has 9 heteroatoms. The third-order valence-electron chi connectivity index (χ3n) is 6.45. The molecule has 0 aromatic heterocycles. The number of fused-ring (bicyclic) bond motifs is 1. The number of carbonyl (C=O) groups excluding carboxylic acids is 3. The third-order valence-corrected chi connectivity index (χ3v) is 6.45. The van der Waals surface area contributed by atoms with Gasteiger partial charge in [-0.2, -0.15) is 0 Å². The Labute approximate surface area is 229 Å². The van der Waals surface area contributed by atoms with E-state index < -0.39 is 29.7 Å². The van der Waals surface area contributed by atoms with Crippen LogP contribution >= 0.6 is 0 Å². The predicted molar refractivity (Wildman–Crippen MR) is 149 cm³/mol. The number of amides is 3. The molecule has 0 saturated carbocycles. The van der Waals surface area contributed by atoms with Crippen LogP contribution < -0.4 is 15.5 Å². The fraction of sp³-hybridized carbons (Fsp3) is 0.0968. The Morgan fingerprint density at radius 3 is 2.35 bits per heavy atom. The van der Waals surface area contributed by atoms with Gasteiger partial charge in [0.05, 0.1) is 23.6 Å². The fourth-order valence-electron chi connectivity index (χ4n) is 4.50. The summed E-state index contributed by atoms with van der Waals surface area (Å²) >= 11 is 0. The quantitative estimate of drug-likeness (QED) is 0.318. The van der Waals surface area contributed by atoms with Gasteiger partial charge in [-0.15, -0.1) is 0 Å². The number of ketones is 1. The summed E-state index contributed by atoms with van der Waals surface area (Å²) in [5.41, 5.74) is 3.11. The molecule has 1 heterocycles. The van der Waals surface area contributed by atoms with Crippen molar-refractivity contribution in [3.05, 3.63) is 131 Å². The van der Waals surface area contributed by atoms with Crippen molar-refractivity contribution < 1.29 is 23.2 Å². The van der Waals surface area contributed by atoms with Crippen molar-refractivity contribution in [2.75, 3.05) is 16.8 Å². The number of nitrogens with zero attached hydrogens (tertiary/aromatic N) is 2. The average Bonchev–Trinajstić information content (AvgIpc) is 3.06. The molecule has 2 N–H and O–H groups in total. The van der Waals surface area contributed by atoms with Gasteiger partial charge in [0.1, 0.15) is 11.6 Å². The Balaban J connectivity index is 1.54. The van der Waals surface area contributed by atoms with Crippen LogP contribution in [0.15, 0.2) is 102 Å². The number of benzene rings is 4. The number of benzodiazepines with no additional fused rings is 1. The molecule has 7 nitrogen and oxygen atoms in total. The van der Waals surface area contributed by atoms with Crippen LogP contribution in [0, 0.1) is 18.6 Å². The number of rotatable bonds is 6. The zero-order chi connectivity index (χ0) is 28.2. The van der Waals surface area contributed by atoms with E-state index in [2.05, 4.69) is 15.6 Å². The minimum absolute atomic E-state index is 0.276. The Kier molecular flexibility index (Phi) is 7.46. The second-order valence-corrected chi connectivity index (χ2v) is 9.15. The van der Waals surface area contributed by atoms with E-state index in [0.717, 1.165) is 17.7 Å². The number of carbonyl (C=O) groups is 3. The molecule has 0 bridgehead atoms. The molecule has 40 heavy (non-hydrogen) atoms. The first-order chi connectivity index (χ1) is 19.3. The number of para-hydroxylation sites is 1. The standard InChI is InChI=1S/C31H24F2N4O3/c1-19-9-5-6-12-22(19)27(38)18-37-26-14-8-7-13-23(26)28(20-10-3-2-4-11-20)35-29(30(37)39)36-31(40)34-25-16-15-21(32)17-24(25)33/h2-17,29H,18H2,1H3,(H2,34,36,40). The van der Waals surface area contributed by atoms with Gasteiger partial charge in [0.25, 0.3) is 5.91 Å². The van der Waals surface area contributed by atoms with Gasteiger partial charge in [-0.25, -0.2) is 18.6 Å². The lowest BCUT2D eigenvalue weighted by atomic mass is 9.99. The molecule has 4 aromatic rings. The molecule has 4 aromatic carbocycles. The Morgan fingerprint density at radius 2 is 1.60 bits per heavy atom. The van der Waals surface area contributed by atoms with Crippen molar-refractivity contribution in [3.8, 4) is 0 Å². The zero-order valence-electron chi connectivity index (χ0n) is 21.4. The van der Waals surface area contributed by atoms with Gasteiger partial charge in [-0.1, -0.05) is 72.8 Å². The highest BCUT2D eigenvalue weighted by Crippen LogP contribution is 2.29. The molecule has 0 radical (unpaired) electrons. The Bertz CT molecular complexity index is 1640. The molecule has 1 atom stereocenters. The van der Waals surface area contributed by atoms with E-state index in [1.54, 1.807) is 36.4 Å². The SMILES string of the molecule is Cc1ccccc1C(=O)CN1C(=O)C(NC(=O)Nc2ccc(F)cc2F)N=C(c2ccccc2)c2ccccc21. The maximum atomic E-state index is 14.2. The molecule has 0 saturated heterocycles. The number of anilines is 2. The number of halogens is 2. The van der Waals surface area contributed by atoms with Crippen molar-refractivity contribution in [1.29, 1.82) is 0 Å². The smallest absolute Gasteiger partial charge is 0.308 e. The lowest BCUT2D eigenvalue weighted by Gasteiger charge is -2.25. The number of Topliss-reactive ketones (excluding diaryl/α,β-unsaturated/α-hetero) is 1. The van der Waals surface area contributed by atoms with Crippen LogP contribution in [0.2, 0.25) is 0 Å². The summed E-state index contributed by atoms with van der Waals surface area (Å²) in [6.45, 7) is 1.51. The summed E-state index contributed by atoms with van der Waals surface area (Å²) in [4.78, 5) is 46.1. The largest absolute Gasteiger partial charge is 0.321 e. The lowest BCUT2D eigenvalue weighted by molar-refractivity contribution is -0.120. The van der Waals surface area contributed by atoms with Gasteiger partial charge in [0.2, 0.25) is 6.17 Å². The van der Waals surface area contributed by atoms with Crippen molar-refractivity contribution in [2.45, 2.75) is 13.1 Å². The lowest BCUT2D eigenvalue weighted by Crippen LogP contribution is -2.50. The number of nitrogens with one attached hydrogen (secondary N) is 2. The number of hydrogen-bond donors (Lipinski definition) is 2. The number of urea groups is 1. The van der Waals surface area contributed by atoms with Crippen molar-refractivity contribution in [1.82, 2.24) is 5.32 Å². The summed E-state index contributed by atoms with van der Waals surface area (Å²) in [5, 5.41) is 4.78. The van der Waals surface area contributed by atoms with Crippen LogP contribution in [-0.2, 0) is 4.79 Å². The molecule has 1 unspecified atom stereocenters.